The molecular formula is C14H16BrFO4. The molecule has 0 bridgehead atoms. The van der Waals surface area contributed by atoms with Crippen molar-refractivity contribution in [1.29, 1.82) is 0 Å². The number of ether oxygens (including phenoxy) is 2. The van der Waals surface area contributed by atoms with Crippen LogP contribution in [-0.4, -0.2) is 25.3 Å². The summed E-state index contributed by atoms with van der Waals surface area (Å²) >= 11 is 3.16. The van der Waals surface area contributed by atoms with Gasteiger partial charge in [0.1, 0.15) is 5.82 Å². The molecule has 0 aliphatic heterocycles. The number of hydrogen-bond acceptors (Lipinski definition) is 3. The molecule has 20 heavy (non-hydrogen) atoms. The Morgan fingerprint density at radius 3 is 2.60 bits per heavy atom. The lowest BCUT2D eigenvalue weighted by molar-refractivity contribution is -0.137. The number of carboxylic acid groups (broad SMARTS) is 1. The third kappa shape index (κ3) is 2.90. The summed E-state index contributed by atoms with van der Waals surface area (Å²) in [5.41, 5.74) is 0.374. The SMILES string of the molecule is COc1cc(C(CC(=O)O)C2CC2)c(F)c(Br)c1OC. The summed E-state index contributed by atoms with van der Waals surface area (Å²) in [6, 6.07) is 1.55. The van der Waals surface area contributed by atoms with Crippen LogP contribution < -0.4 is 9.47 Å². The van der Waals surface area contributed by atoms with Crippen molar-refractivity contribution in [2.24, 2.45) is 5.92 Å². The Kier molecular flexibility index (Phi) is 4.52. The Balaban J connectivity index is 2.48. The first-order chi connectivity index (χ1) is 9.49. The zero-order chi connectivity index (χ0) is 14.9. The van der Waals surface area contributed by atoms with E-state index in [0.717, 1.165) is 12.8 Å². The second-order valence-electron chi connectivity index (χ2n) is 4.87. The van der Waals surface area contributed by atoms with Gasteiger partial charge in [-0.1, -0.05) is 0 Å². The molecule has 0 spiro atoms. The van der Waals surface area contributed by atoms with Crippen LogP contribution in [0, 0.1) is 11.7 Å². The van der Waals surface area contributed by atoms with Crippen LogP contribution >= 0.6 is 15.9 Å². The molecule has 1 aliphatic carbocycles. The van der Waals surface area contributed by atoms with Crippen molar-refractivity contribution in [2.75, 3.05) is 14.2 Å². The van der Waals surface area contributed by atoms with Gasteiger partial charge in [0.05, 0.1) is 25.1 Å². The fourth-order valence-electron chi connectivity index (χ4n) is 2.43. The molecule has 0 radical (unpaired) electrons. The number of aliphatic carboxylic acids is 1. The maximum absolute atomic E-state index is 14.5. The Labute approximate surface area is 125 Å². The first-order valence-corrected chi connectivity index (χ1v) is 7.10. The molecule has 0 amide bonds. The van der Waals surface area contributed by atoms with Gasteiger partial charge >= 0.3 is 5.97 Å². The minimum absolute atomic E-state index is 0.0799. The smallest absolute Gasteiger partial charge is 0.303 e. The second kappa shape index (κ2) is 5.99. The Bertz CT molecular complexity index is 528. The van der Waals surface area contributed by atoms with Crippen molar-refractivity contribution < 1.29 is 23.8 Å². The summed E-state index contributed by atoms with van der Waals surface area (Å²) in [6.07, 6.45) is 1.79. The van der Waals surface area contributed by atoms with Gasteiger partial charge in [-0.2, -0.15) is 0 Å². The molecular weight excluding hydrogens is 331 g/mol. The molecule has 0 heterocycles. The lowest BCUT2D eigenvalue weighted by Crippen LogP contribution is -2.11. The lowest BCUT2D eigenvalue weighted by Gasteiger charge is -2.19. The highest BCUT2D eigenvalue weighted by Crippen LogP contribution is 2.49. The zero-order valence-corrected chi connectivity index (χ0v) is 12.9. The number of hydrogen-bond donors (Lipinski definition) is 1. The van der Waals surface area contributed by atoms with Crippen molar-refractivity contribution >= 4 is 21.9 Å². The molecule has 1 aliphatic rings. The van der Waals surface area contributed by atoms with Crippen LogP contribution in [0.2, 0.25) is 0 Å². The topological polar surface area (TPSA) is 55.8 Å². The van der Waals surface area contributed by atoms with Crippen LogP contribution in [0.25, 0.3) is 0 Å². The Morgan fingerprint density at radius 1 is 1.50 bits per heavy atom. The van der Waals surface area contributed by atoms with Crippen molar-refractivity contribution in [3.63, 3.8) is 0 Å². The van der Waals surface area contributed by atoms with E-state index in [4.69, 9.17) is 14.6 Å². The van der Waals surface area contributed by atoms with E-state index in [2.05, 4.69) is 15.9 Å². The van der Waals surface area contributed by atoms with Gasteiger partial charge in [0.25, 0.3) is 0 Å². The summed E-state index contributed by atoms with van der Waals surface area (Å²) in [5, 5.41) is 9.02. The summed E-state index contributed by atoms with van der Waals surface area (Å²) in [5.74, 6) is -0.826. The quantitative estimate of drug-likeness (QED) is 0.855. The maximum atomic E-state index is 14.5. The van der Waals surface area contributed by atoms with E-state index in [1.54, 1.807) is 6.07 Å². The highest BCUT2D eigenvalue weighted by molar-refractivity contribution is 9.10. The first-order valence-electron chi connectivity index (χ1n) is 6.31. The van der Waals surface area contributed by atoms with Crippen LogP contribution in [-0.2, 0) is 4.79 Å². The average Bonchev–Trinajstić information content (AvgIpc) is 3.23. The van der Waals surface area contributed by atoms with Crippen LogP contribution in [0.4, 0.5) is 4.39 Å². The van der Waals surface area contributed by atoms with E-state index in [1.807, 2.05) is 0 Å². The zero-order valence-electron chi connectivity index (χ0n) is 11.3. The molecule has 1 unspecified atom stereocenters. The third-order valence-corrected chi connectivity index (χ3v) is 4.27. The predicted molar refractivity (Wildman–Crippen MR) is 74.9 cm³/mol. The molecule has 1 fully saturated rings. The van der Waals surface area contributed by atoms with Gasteiger partial charge in [-0.15, -0.1) is 0 Å². The molecule has 1 atom stereocenters. The van der Waals surface area contributed by atoms with Gasteiger partial charge in [0.2, 0.25) is 0 Å². The normalized spacial score (nSPS) is 15.8. The van der Waals surface area contributed by atoms with Gasteiger partial charge in [-0.05, 0) is 46.3 Å². The first kappa shape index (κ1) is 15.1. The number of halogens is 2. The largest absolute Gasteiger partial charge is 0.493 e. The van der Waals surface area contributed by atoms with E-state index >= 15 is 0 Å². The van der Waals surface area contributed by atoms with E-state index < -0.39 is 11.8 Å². The van der Waals surface area contributed by atoms with Crippen molar-refractivity contribution in [1.82, 2.24) is 0 Å². The number of rotatable bonds is 6. The molecule has 1 aromatic rings. The molecule has 1 aromatic carbocycles. The Morgan fingerprint density at radius 2 is 2.15 bits per heavy atom. The van der Waals surface area contributed by atoms with Crippen molar-refractivity contribution in [3.8, 4) is 11.5 Å². The number of methoxy groups -OCH3 is 2. The van der Waals surface area contributed by atoms with Gasteiger partial charge in [0, 0.05) is 5.92 Å². The van der Waals surface area contributed by atoms with Gasteiger partial charge < -0.3 is 14.6 Å². The number of benzene rings is 1. The average molecular weight is 347 g/mol. The summed E-state index contributed by atoms with van der Waals surface area (Å²) in [6.45, 7) is 0. The van der Waals surface area contributed by atoms with Crippen LogP contribution in [0.15, 0.2) is 10.5 Å². The second-order valence-corrected chi connectivity index (χ2v) is 5.66. The van der Waals surface area contributed by atoms with E-state index in [9.17, 15) is 9.18 Å². The van der Waals surface area contributed by atoms with Gasteiger partial charge in [-0.3, -0.25) is 4.79 Å². The van der Waals surface area contributed by atoms with Crippen LogP contribution in [0.1, 0.15) is 30.7 Å². The molecule has 2 rings (SSSR count). The van der Waals surface area contributed by atoms with E-state index in [-0.39, 0.29) is 28.5 Å². The van der Waals surface area contributed by atoms with E-state index in [0.29, 0.717) is 11.3 Å². The molecule has 110 valence electrons. The third-order valence-electron chi connectivity index (χ3n) is 3.56. The fraction of sp³-hybridized carbons (Fsp3) is 0.500. The number of carbonyl (C=O) groups is 1. The summed E-state index contributed by atoms with van der Waals surface area (Å²) in [4.78, 5) is 11.0. The molecule has 1 saturated carbocycles. The minimum Gasteiger partial charge on any atom is -0.493 e. The molecule has 4 nitrogen and oxygen atoms in total. The number of carboxylic acids is 1. The van der Waals surface area contributed by atoms with Gasteiger partial charge in [-0.25, -0.2) is 4.39 Å². The monoisotopic (exact) mass is 346 g/mol. The molecule has 0 saturated heterocycles. The van der Waals surface area contributed by atoms with Crippen molar-refractivity contribution in [2.45, 2.75) is 25.2 Å². The van der Waals surface area contributed by atoms with Crippen LogP contribution in [0.5, 0.6) is 11.5 Å². The molecule has 1 N–H and O–H groups in total. The molecule has 0 aromatic heterocycles. The van der Waals surface area contributed by atoms with Crippen molar-refractivity contribution in [3.05, 3.63) is 21.9 Å². The van der Waals surface area contributed by atoms with Gasteiger partial charge in [0.15, 0.2) is 11.5 Å². The summed E-state index contributed by atoms with van der Waals surface area (Å²) < 4.78 is 25.0. The maximum Gasteiger partial charge on any atom is 0.303 e. The predicted octanol–water partition coefficient (Wildman–Crippen LogP) is 3.57. The summed E-state index contributed by atoms with van der Waals surface area (Å²) in [7, 11) is 2.90. The standard InChI is InChI=1S/C14H16BrFO4/c1-19-10-5-9(13(16)12(15)14(10)20-2)8(6-11(17)18)7-3-4-7/h5,7-8H,3-4,6H2,1-2H3,(H,17,18). The highest BCUT2D eigenvalue weighted by Gasteiger charge is 2.36. The fourth-order valence-corrected chi connectivity index (χ4v) is 3.02. The highest BCUT2D eigenvalue weighted by atomic mass is 79.9. The lowest BCUT2D eigenvalue weighted by atomic mass is 9.90. The van der Waals surface area contributed by atoms with Crippen LogP contribution in [0.3, 0.4) is 0 Å². The minimum atomic E-state index is -0.924. The Hall–Kier alpha value is -1.30. The molecule has 6 heteroatoms. The van der Waals surface area contributed by atoms with E-state index in [1.165, 1.54) is 14.2 Å².